The number of Topliss-reactive ketones (excluding diaryl/α,β-unsaturated/α-hetero) is 1. The first-order valence-electron chi connectivity index (χ1n) is 6.67. The summed E-state index contributed by atoms with van der Waals surface area (Å²) in [6.07, 6.45) is 11.4. The number of nitrogens with zero attached hydrogens (tertiary/aromatic N) is 1. The molecule has 1 heterocycles. The third kappa shape index (κ3) is 1.46. The molecule has 1 aromatic carbocycles. The maximum Gasteiger partial charge on any atom is 0.190 e. The van der Waals surface area contributed by atoms with Crippen LogP contribution in [-0.4, -0.2) is 24.3 Å². The molecule has 2 atom stereocenters. The molecule has 2 unspecified atom stereocenters. The first-order valence-corrected chi connectivity index (χ1v) is 6.67. The number of aliphatic imine (C=N–C) groups is 1. The number of ketones is 1. The Hall–Kier alpha value is -2.42. The van der Waals surface area contributed by atoms with Gasteiger partial charge in [-0.2, -0.15) is 0 Å². The molecule has 20 heavy (non-hydrogen) atoms. The van der Waals surface area contributed by atoms with Crippen LogP contribution in [0.15, 0.2) is 59.1 Å². The molecule has 1 spiro atoms. The van der Waals surface area contributed by atoms with E-state index in [1.165, 1.54) is 6.40 Å². The number of allylic oxidation sites excluding steroid dienone is 2. The molecule has 0 N–H and O–H groups in total. The summed E-state index contributed by atoms with van der Waals surface area (Å²) < 4.78 is 5.32. The van der Waals surface area contributed by atoms with Crippen LogP contribution in [0.3, 0.4) is 0 Å². The smallest absolute Gasteiger partial charge is 0.190 e. The van der Waals surface area contributed by atoms with Crippen LogP contribution < -0.4 is 0 Å². The van der Waals surface area contributed by atoms with Crippen molar-refractivity contribution in [3.05, 3.63) is 65.3 Å². The lowest BCUT2D eigenvalue weighted by molar-refractivity contribution is 0.101. The first kappa shape index (κ1) is 11.4. The normalized spacial score (nSPS) is 29.7. The lowest BCUT2D eigenvalue weighted by Crippen LogP contribution is -2.38. The Morgan fingerprint density at radius 1 is 1.30 bits per heavy atom. The Morgan fingerprint density at radius 2 is 2.20 bits per heavy atom. The summed E-state index contributed by atoms with van der Waals surface area (Å²) in [7, 11) is 0. The van der Waals surface area contributed by atoms with Gasteiger partial charge in [-0.25, -0.2) is 4.99 Å². The Labute approximate surface area is 117 Å². The summed E-state index contributed by atoms with van der Waals surface area (Å²) in [5.74, 6) is 0.0209. The number of hydrogen-bond donors (Lipinski definition) is 0. The average Bonchev–Trinajstić information content (AvgIpc) is 2.88. The number of carbonyl (C=O) groups excluding carboxylic acids is 1. The van der Waals surface area contributed by atoms with E-state index in [1.807, 2.05) is 48.6 Å². The van der Waals surface area contributed by atoms with Gasteiger partial charge in [-0.15, -0.1) is 0 Å². The van der Waals surface area contributed by atoms with Gasteiger partial charge < -0.3 is 4.74 Å². The van der Waals surface area contributed by atoms with Crippen LogP contribution in [-0.2, 0) is 4.74 Å². The zero-order chi connectivity index (χ0) is 13.6. The second kappa shape index (κ2) is 4.04. The van der Waals surface area contributed by atoms with Gasteiger partial charge in [0.05, 0.1) is 0 Å². The molecule has 3 nitrogen and oxygen atoms in total. The molecule has 1 aliphatic heterocycles. The number of ether oxygens (including phenoxy) is 1. The quantitative estimate of drug-likeness (QED) is 0.722. The molecule has 3 heteroatoms. The van der Waals surface area contributed by atoms with Crippen molar-refractivity contribution >= 4 is 18.3 Å². The standard InChI is InChI=1S/C17H13NO2/c19-16-13-5-2-1-4-12(13)7-8-15-14(16)6-3-9-17(15)10-20-11-18-17/h1-9,11,15H,10H2. The minimum absolute atomic E-state index is 0.0638. The molecule has 0 amide bonds. The Bertz CT molecular complexity index is 711. The van der Waals surface area contributed by atoms with Crippen molar-refractivity contribution < 1.29 is 9.53 Å². The van der Waals surface area contributed by atoms with E-state index in [1.54, 1.807) is 0 Å². The minimum Gasteiger partial charge on any atom is -0.481 e. The largest absolute Gasteiger partial charge is 0.481 e. The molecule has 0 saturated heterocycles. The molecule has 3 aliphatic rings. The van der Waals surface area contributed by atoms with Crippen molar-refractivity contribution in [3.8, 4) is 0 Å². The maximum absolute atomic E-state index is 12.8. The Morgan fingerprint density at radius 3 is 3.05 bits per heavy atom. The molecule has 4 rings (SSSR count). The molecular formula is C17H13NO2. The van der Waals surface area contributed by atoms with Crippen molar-refractivity contribution in [1.82, 2.24) is 0 Å². The van der Waals surface area contributed by atoms with Crippen LogP contribution in [0.5, 0.6) is 0 Å². The topological polar surface area (TPSA) is 38.7 Å². The Balaban J connectivity index is 1.89. The molecule has 1 aromatic rings. The van der Waals surface area contributed by atoms with Crippen LogP contribution in [0.1, 0.15) is 15.9 Å². The van der Waals surface area contributed by atoms with E-state index in [2.05, 4.69) is 11.1 Å². The summed E-state index contributed by atoms with van der Waals surface area (Å²) in [4.78, 5) is 17.2. The van der Waals surface area contributed by atoms with Gasteiger partial charge in [0, 0.05) is 17.1 Å². The summed E-state index contributed by atoms with van der Waals surface area (Å²) in [6.45, 7) is 0.486. The van der Waals surface area contributed by atoms with Crippen LogP contribution in [0.25, 0.3) is 6.08 Å². The van der Waals surface area contributed by atoms with E-state index in [4.69, 9.17) is 4.74 Å². The van der Waals surface area contributed by atoms with E-state index < -0.39 is 5.54 Å². The van der Waals surface area contributed by atoms with Crippen LogP contribution in [0, 0.1) is 5.92 Å². The number of carbonyl (C=O) groups is 1. The summed E-state index contributed by atoms with van der Waals surface area (Å²) in [6, 6.07) is 7.70. The Kier molecular flexibility index (Phi) is 2.30. The van der Waals surface area contributed by atoms with Crippen LogP contribution in [0.2, 0.25) is 0 Å². The summed E-state index contributed by atoms with van der Waals surface area (Å²) >= 11 is 0. The van der Waals surface area contributed by atoms with Crippen LogP contribution >= 0.6 is 0 Å². The molecule has 0 fully saturated rings. The molecule has 0 saturated carbocycles. The van der Waals surface area contributed by atoms with Gasteiger partial charge in [-0.05, 0) is 5.56 Å². The highest BCUT2D eigenvalue weighted by Crippen LogP contribution is 2.40. The molecule has 0 aromatic heterocycles. The molecule has 2 aliphatic carbocycles. The second-order valence-electron chi connectivity index (χ2n) is 5.27. The monoisotopic (exact) mass is 263 g/mol. The van der Waals surface area contributed by atoms with Gasteiger partial charge in [-0.3, -0.25) is 4.79 Å². The van der Waals surface area contributed by atoms with Crippen molar-refractivity contribution in [2.75, 3.05) is 6.61 Å². The van der Waals surface area contributed by atoms with Gasteiger partial charge in [0.25, 0.3) is 0 Å². The van der Waals surface area contributed by atoms with E-state index in [-0.39, 0.29) is 11.7 Å². The minimum atomic E-state index is -0.460. The SMILES string of the molecule is O=C1C2=CC=CC3(COC=N3)C2C=Cc2ccccc21. The predicted octanol–water partition coefficient (Wildman–Crippen LogP) is 2.81. The van der Waals surface area contributed by atoms with E-state index in [9.17, 15) is 4.79 Å². The van der Waals surface area contributed by atoms with E-state index in [0.717, 1.165) is 16.7 Å². The van der Waals surface area contributed by atoms with Crippen molar-refractivity contribution in [2.45, 2.75) is 5.54 Å². The number of fused-ring (bicyclic) bond motifs is 3. The molecule has 0 bridgehead atoms. The second-order valence-corrected chi connectivity index (χ2v) is 5.27. The number of rotatable bonds is 0. The van der Waals surface area contributed by atoms with Gasteiger partial charge >= 0.3 is 0 Å². The highest BCUT2D eigenvalue weighted by Gasteiger charge is 2.44. The first-order chi connectivity index (χ1) is 9.80. The van der Waals surface area contributed by atoms with Crippen molar-refractivity contribution in [1.29, 1.82) is 0 Å². The average molecular weight is 263 g/mol. The van der Waals surface area contributed by atoms with Gasteiger partial charge in [0.15, 0.2) is 12.2 Å². The lowest BCUT2D eigenvalue weighted by atomic mass is 9.75. The fourth-order valence-electron chi connectivity index (χ4n) is 3.09. The van der Waals surface area contributed by atoms with Crippen LogP contribution in [0.4, 0.5) is 0 Å². The highest BCUT2D eigenvalue weighted by atomic mass is 16.5. The lowest BCUT2D eigenvalue weighted by Gasteiger charge is -2.31. The van der Waals surface area contributed by atoms with Crippen molar-refractivity contribution in [3.63, 3.8) is 0 Å². The van der Waals surface area contributed by atoms with Gasteiger partial charge in [0.1, 0.15) is 12.1 Å². The predicted molar refractivity (Wildman–Crippen MR) is 77.7 cm³/mol. The number of benzene rings is 1. The van der Waals surface area contributed by atoms with Gasteiger partial charge in [-0.1, -0.05) is 54.6 Å². The third-order valence-electron chi connectivity index (χ3n) is 4.15. The zero-order valence-corrected chi connectivity index (χ0v) is 10.8. The van der Waals surface area contributed by atoms with Crippen molar-refractivity contribution in [2.24, 2.45) is 10.9 Å². The highest BCUT2D eigenvalue weighted by molar-refractivity contribution is 6.12. The fraction of sp³-hybridized carbons (Fsp3) is 0.176. The molecule has 98 valence electrons. The molecular weight excluding hydrogens is 250 g/mol. The zero-order valence-electron chi connectivity index (χ0n) is 10.8. The maximum atomic E-state index is 12.8. The van der Waals surface area contributed by atoms with E-state index in [0.29, 0.717) is 6.61 Å². The molecule has 0 radical (unpaired) electrons. The fourth-order valence-corrected chi connectivity index (χ4v) is 3.09. The number of hydrogen-bond acceptors (Lipinski definition) is 3. The summed E-state index contributed by atoms with van der Waals surface area (Å²) in [5.41, 5.74) is 2.05. The van der Waals surface area contributed by atoms with E-state index >= 15 is 0 Å². The van der Waals surface area contributed by atoms with Gasteiger partial charge in [0.2, 0.25) is 0 Å². The third-order valence-corrected chi connectivity index (χ3v) is 4.15. The summed E-state index contributed by atoms with van der Waals surface area (Å²) in [5, 5.41) is 0.